The molecule has 6 atom stereocenters. The summed E-state index contributed by atoms with van der Waals surface area (Å²) in [6.07, 6.45) is -2.53. The Morgan fingerprint density at radius 2 is 1.85 bits per heavy atom. The third kappa shape index (κ3) is 6.06. The van der Waals surface area contributed by atoms with Gasteiger partial charge in [-0.05, 0) is 12.7 Å². The van der Waals surface area contributed by atoms with Crippen molar-refractivity contribution in [3.05, 3.63) is 12.2 Å². The number of imidazole rings is 1. The number of nitrogens with one attached hydrogen (secondary N) is 1. The van der Waals surface area contributed by atoms with E-state index < -0.39 is 54.3 Å². The normalized spacial score (nSPS) is 27.4. The number of hydrogen-bond donors (Lipinski definition) is 6. The predicted molar refractivity (Wildman–Crippen MR) is 109 cm³/mol. The summed E-state index contributed by atoms with van der Waals surface area (Å²) < 4.78 is 52.9. The Hall–Kier alpha value is -1.26. The summed E-state index contributed by atoms with van der Waals surface area (Å²) in [5.74, 6) is -0.245. The van der Waals surface area contributed by atoms with E-state index in [4.69, 9.17) is 22.4 Å². The molecule has 33 heavy (non-hydrogen) atoms. The molecule has 3 rings (SSSR count). The van der Waals surface area contributed by atoms with Gasteiger partial charge in [0, 0.05) is 7.05 Å². The number of rotatable bonds is 9. The predicted octanol–water partition coefficient (Wildman–Crippen LogP) is -0.265. The Morgan fingerprint density at radius 3 is 2.45 bits per heavy atom. The lowest BCUT2D eigenvalue weighted by Gasteiger charge is -2.20. The summed E-state index contributed by atoms with van der Waals surface area (Å²) in [4.78, 5) is 48.4. The van der Waals surface area contributed by atoms with Gasteiger partial charge in [-0.1, -0.05) is 0 Å². The molecule has 182 valence electrons. The van der Waals surface area contributed by atoms with Gasteiger partial charge in [-0.3, -0.25) is 9.09 Å². The summed E-state index contributed by atoms with van der Waals surface area (Å²) in [5, 5.41) is 13.3. The quantitative estimate of drug-likeness (QED) is 0.181. The molecule has 0 amide bonds. The van der Waals surface area contributed by atoms with Crippen LogP contribution in [0.2, 0.25) is 5.82 Å². The number of aliphatic hydroxyl groups excluding tert-OH is 1. The second-order valence-electron chi connectivity index (χ2n) is 6.69. The molecule has 2 radical (unpaired) electrons. The molecule has 0 saturated carbocycles. The number of aliphatic hydroxyl groups is 1. The zero-order valence-electron chi connectivity index (χ0n) is 16.9. The van der Waals surface area contributed by atoms with E-state index in [2.05, 4.69) is 33.4 Å². The highest BCUT2D eigenvalue weighted by Gasteiger charge is 2.45. The zero-order chi connectivity index (χ0) is 24.8. The van der Waals surface area contributed by atoms with Crippen molar-refractivity contribution in [1.82, 2.24) is 19.5 Å². The maximum Gasteiger partial charge on any atom is 0.490 e. The number of ether oxygens (including phenoxy) is 1. The molecule has 2 aromatic heterocycles. The van der Waals surface area contributed by atoms with Crippen LogP contribution >= 0.6 is 23.5 Å². The standard InChI is InChI=1S/C12H19BN5O12P3/c1-5-17-8-10(14-2)15-4-16-11(8)18(5)12-7(13)9(19)6(28-12)3-27-32(23,24)30-33(25,26)29-31(20,21)22/h4,6-7,9,12,19H,3H2,1-2H3,(H,23,24)(H,25,26)(H,14,15,16)(H2,20,21,22). The van der Waals surface area contributed by atoms with E-state index in [1.165, 1.54) is 10.9 Å². The third-order valence-corrected chi connectivity index (χ3v) is 8.18. The molecular formula is C12H19BN5O12P3. The summed E-state index contributed by atoms with van der Waals surface area (Å²) in [7, 11) is -8.92. The number of aryl methyl sites for hydroxylation is 1. The second kappa shape index (κ2) is 9.42. The highest BCUT2D eigenvalue weighted by atomic mass is 31.3. The fourth-order valence-corrected chi connectivity index (χ4v) is 6.14. The van der Waals surface area contributed by atoms with Gasteiger partial charge in [0.15, 0.2) is 17.0 Å². The number of hydrogen-bond acceptors (Lipinski definition) is 12. The summed E-state index contributed by atoms with van der Waals surface area (Å²) in [6.45, 7) is 0.764. The molecule has 6 unspecified atom stereocenters. The van der Waals surface area contributed by atoms with Crippen LogP contribution in [0.3, 0.4) is 0 Å². The number of phosphoric acid groups is 3. The molecule has 1 aliphatic heterocycles. The molecule has 21 heteroatoms. The van der Waals surface area contributed by atoms with Crippen molar-refractivity contribution < 1.29 is 56.3 Å². The van der Waals surface area contributed by atoms with Crippen molar-refractivity contribution >= 4 is 48.3 Å². The van der Waals surface area contributed by atoms with Gasteiger partial charge in [0.1, 0.15) is 24.5 Å². The van der Waals surface area contributed by atoms with Crippen LogP contribution in [0.4, 0.5) is 5.82 Å². The zero-order valence-corrected chi connectivity index (χ0v) is 19.6. The van der Waals surface area contributed by atoms with Crippen LogP contribution in [0.1, 0.15) is 12.1 Å². The molecule has 1 fully saturated rings. The number of phosphoric ester groups is 1. The highest BCUT2D eigenvalue weighted by Crippen LogP contribution is 2.66. The SMILES string of the molecule is [B]C1C(O)C(COP(=O)(O)OP(=O)(O)OP(=O)(O)O)OC1n1c(C)nc2c(NC)ncnc21. The van der Waals surface area contributed by atoms with Gasteiger partial charge >= 0.3 is 23.5 Å². The summed E-state index contributed by atoms with van der Waals surface area (Å²) in [6, 6.07) is 0. The van der Waals surface area contributed by atoms with Gasteiger partial charge < -0.3 is 34.7 Å². The van der Waals surface area contributed by atoms with Crippen LogP contribution in [-0.2, 0) is 31.6 Å². The summed E-state index contributed by atoms with van der Waals surface area (Å²) >= 11 is 0. The lowest BCUT2D eigenvalue weighted by Crippen LogP contribution is -2.28. The average molecular weight is 529 g/mol. The first-order valence-electron chi connectivity index (χ1n) is 8.89. The Balaban J connectivity index is 1.75. The maximum absolute atomic E-state index is 11.9. The maximum atomic E-state index is 11.9. The fourth-order valence-electron chi connectivity index (χ4n) is 3.11. The molecule has 0 spiro atoms. The highest BCUT2D eigenvalue weighted by molar-refractivity contribution is 7.66. The monoisotopic (exact) mass is 529 g/mol. The van der Waals surface area contributed by atoms with Gasteiger partial charge in [-0.25, -0.2) is 28.6 Å². The topological polar surface area (TPSA) is 245 Å². The van der Waals surface area contributed by atoms with E-state index in [1.54, 1.807) is 14.0 Å². The van der Waals surface area contributed by atoms with Crippen LogP contribution < -0.4 is 5.32 Å². The van der Waals surface area contributed by atoms with Gasteiger partial charge in [0.25, 0.3) is 0 Å². The molecule has 0 aliphatic carbocycles. The van der Waals surface area contributed by atoms with Gasteiger partial charge in [0.05, 0.1) is 20.6 Å². The lowest BCUT2D eigenvalue weighted by molar-refractivity contribution is -0.0428. The van der Waals surface area contributed by atoms with Crippen molar-refractivity contribution in [1.29, 1.82) is 0 Å². The van der Waals surface area contributed by atoms with E-state index in [9.17, 15) is 28.6 Å². The second-order valence-corrected chi connectivity index (χ2v) is 11.1. The molecule has 3 heterocycles. The van der Waals surface area contributed by atoms with Crippen LogP contribution in [0, 0.1) is 6.92 Å². The largest absolute Gasteiger partial charge is 0.490 e. The van der Waals surface area contributed by atoms with Crippen molar-refractivity contribution in [3.8, 4) is 0 Å². The number of anilines is 1. The molecule has 1 aliphatic rings. The lowest BCUT2D eigenvalue weighted by atomic mass is 9.81. The first-order valence-corrected chi connectivity index (χ1v) is 13.4. The van der Waals surface area contributed by atoms with Crippen molar-refractivity contribution in [3.63, 3.8) is 0 Å². The fraction of sp³-hybridized carbons (Fsp3) is 0.583. The smallest absolute Gasteiger partial charge is 0.391 e. The Kier molecular flexibility index (Phi) is 7.52. The number of nitrogens with zero attached hydrogens (tertiary/aromatic N) is 4. The molecule has 6 N–H and O–H groups in total. The van der Waals surface area contributed by atoms with E-state index in [1.807, 2.05) is 0 Å². The van der Waals surface area contributed by atoms with E-state index in [0.717, 1.165) is 0 Å². The molecule has 17 nitrogen and oxygen atoms in total. The van der Waals surface area contributed by atoms with E-state index in [-0.39, 0.29) is 0 Å². The van der Waals surface area contributed by atoms with Crippen LogP contribution in [0.25, 0.3) is 11.2 Å². The van der Waals surface area contributed by atoms with Gasteiger partial charge in [0.2, 0.25) is 0 Å². The third-order valence-electron chi connectivity index (χ3n) is 4.38. The van der Waals surface area contributed by atoms with Crippen LogP contribution in [0.15, 0.2) is 6.33 Å². The molecule has 0 bridgehead atoms. The van der Waals surface area contributed by atoms with Crippen molar-refractivity contribution in [2.75, 3.05) is 19.0 Å². The van der Waals surface area contributed by atoms with Crippen molar-refractivity contribution in [2.45, 2.75) is 31.2 Å². The Morgan fingerprint density at radius 1 is 1.18 bits per heavy atom. The Labute approximate surface area is 187 Å². The first-order chi connectivity index (χ1) is 15.1. The van der Waals surface area contributed by atoms with Crippen LogP contribution in [0.5, 0.6) is 0 Å². The van der Waals surface area contributed by atoms with E-state index >= 15 is 0 Å². The summed E-state index contributed by atoms with van der Waals surface area (Å²) in [5.41, 5.74) is 0.729. The van der Waals surface area contributed by atoms with Gasteiger partial charge in [-0.2, -0.15) is 8.62 Å². The molecular weight excluding hydrogens is 510 g/mol. The minimum absolute atomic E-state index is 0.327. The van der Waals surface area contributed by atoms with Crippen molar-refractivity contribution in [2.24, 2.45) is 0 Å². The minimum Gasteiger partial charge on any atom is -0.391 e. The van der Waals surface area contributed by atoms with Gasteiger partial charge in [-0.15, -0.1) is 0 Å². The van der Waals surface area contributed by atoms with E-state index in [0.29, 0.717) is 22.8 Å². The number of aromatic nitrogens is 4. The Bertz CT molecular complexity index is 1170. The number of fused-ring (bicyclic) bond motifs is 1. The molecule has 2 aromatic rings. The molecule has 1 saturated heterocycles. The van der Waals surface area contributed by atoms with Crippen LogP contribution in [-0.4, -0.2) is 77.9 Å². The minimum atomic E-state index is -5.68. The first kappa shape index (κ1) is 26.4. The average Bonchev–Trinajstić information content (AvgIpc) is 3.13. The molecule has 0 aromatic carbocycles.